The Kier molecular flexibility index (Phi) is 9.69. The number of benzene rings is 2. The summed E-state index contributed by atoms with van der Waals surface area (Å²) in [4.78, 5) is 14.8. The Bertz CT molecular complexity index is 753. The zero-order valence-corrected chi connectivity index (χ0v) is 18.7. The highest BCUT2D eigenvalue weighted by Crippen LogP contribution is 2.30. The molecule has 2 heterocycles. The first-order valence-electron chi connectivity index (χ1n) is 11.6. The van der Waals surface area contributed by atoms with Crippen LogP contribution >= 0.6 is 0 Å². The number of aliphatic hydroxyl groups is 1. The van der Waals surface area contributed by atoms with E-state index >= 15 is 0 Å². The smallest absolute Gasteiger partial charge is 0.164 e. The quantitative estimate of drug-likeness (QED) is 0.622. The Labute approximate surface area is 186 Å². The van der Waals surface area contributed by atoms with Crippen LogP contribution in [-0.4, -0.2) is 61.1 Å². The van der Waals surface area contributed by atoms with Crippen molar-refractivity contribution in [3.05, 3.63) is 71.8 Å². The fourth-order valence-electron chi connectivity index (χ4n) is 4.45. The molecule has 0 amide bonds. The SMILES string of the molecule is C1CNCCN1.CN1[C@@H](CC(=O)c2ccccc2)CCC[C@H]1C[C@H](O)c1ccccc1. The molecular formula is C26H37N3O2. The number of aliphatic hydroxyl groups excluding tert-OH is 1. The molecule has 2 aliphatic rings. The molecule has 5 heteroatoms. The van der Waals surface area contributed by atoms with Crippen LogP contribution in [0.2, 0.25) is 0 Å². The summed E-state index contributed by atoms with van der Waals surface area (Å²) in [5.41, 5.74) is 1.76. The van der Waals surface area contributed by atoms with Crippen LogP contribution in [0.5, 0.6) is 0 Å². The lowest BCUT2D eigenvalue weighted by Crippen LogP contribution is -2.45. The fraction of sp³-hybridized carbons (Fsp3) is 0.500. The molecule has 168 valence electrons. The van der Waals surface area contributed by atoms with Crippen molar-refractivity contribution in [2.75, 3.05) is 33.2 Å². The first kappa shape index (κ1) is 23.6. The van der Waals surface area contributed by atoms with Crippen molar-refractivity contribution in [1.29, 1.82) is 0 Å². The van der Waals surface area contributed by atoms with Crippen molar-refractivity contribution < 1.29 is 9.90 Å². The molecule has 3 N–H and O–H groups in total. The Balaban J connectivity index is 0.000000391. The van der Waals surface area contributed by atoms with E-state index in [1.54, 1.807) is 0 Å². The van der Waals surface area contributed by atoms with Crippen LogP contribution in [0.15, 0.2) is 60.7 Å². The Morgan fingerprint density at radius 1 is 0.935 bits per heavy atom. The first-order chi connectivity index (χ1) is 15.1. The number of piperidine rings is 1. The molecule has 2 aromatic carbocycles. The number of ketones is 1. The van der Waals surface area contributed by atoms with Crippen LogP contribution in [0.25, 0.3) is 0 Å². The average molecular weight is 424 g/mol. The molecule has 2 saturated heterocycles. The highest BCUT2D eigenvalue weighted by atomic mass is 16.3. The molecule has 2 fully saturated rings. The maximum Gasteiger partial charge on any atom is 0.164 e. The molecule has 0 radical (unpaired) electrons. The third kappa shape index (κ3) is 7.54. The molecule has 3 atom stereocenters. The zero-order valence-electron chi connectivity index (χ0n) is 18.7. The number of hydrogen-bond donors (Lipinski definition) is 3. The lowest BCUT2D eigenvalue weighted by Gasteiger charge is -2.40. The van der Waals surface area contributed by atoms with Gasteiger partial charge in [-0.25, -0.2) is 0 Å². The standard InChI is InChI=1S/C22H27NO2.C4H10N2/c1-23-19(15-21(24)17-9-4-2-5-10-17)13-8-14-20(23)16-22(25)18-11-6-3-7-12-18;1-2-6-4-3-5-1/h2-7,9-12,19-21,24H,8,13-16H2,1H3;5-6H,1-4H2/t19-,20+,21-;/m0./s1. The van der Waals surface area contributed by atoms with Gasteiger partial charge in [0, 0.05) is 50.2 Å². The maximum atomic E-state index is 12.5. The highest BCUT2D eigenvalue weighted by molar-refractivity contribution is 5.96. The second-order valence-electron chi connectivity index (χ2n) is 8.56. The van der Waals surface area contributed by atoms with Crippen molar-refractivity contribution in [1.82, 2.24) is 15.5 Å². The first-order valence-corrected chi connectivity index (χ1v) is 11.6. The molecule has 0 unspecified atom stereocenters. The summed E-state index contributed by atoms with van der Waals surface area (Å²) in [7, 11) is 2.10. The van der Waals surface area contributed by atoms with Crippen LogP contribution in [0.3, 0.4) is 0 Å². The summed E-state index contributed by atoms with van der Waals surface area (Å²) < 4.78 is 0. The molecular weight excluding hydrogens is 386 g/mol. The molecule has 4 rings (SSSR count). The second kappa shape index (κ2) is 12.7. The van der Waals surface area contributed by atoms with Gasteiger partial charge in [-0.15, -0.1) is 0 Å². The van der Waals surface area contributed by atoms with Gasteiger partial charge in [-0.3, -0.25) is 9.69 Å². The van der Waals surface area contributed by atoms with E-state index in [1.807, 2.05) is 60.7 Å². The minimum atomic E-state index is -0.447. The number of nitrogens with one attached hydrogen (secondary N) is 2. The summed E-state index contributed by atoms with van der Waals surface area (Å²) in [6.07, 6.45) is 4.07. The number of carbonyl (C=O) groups excluding carboxylic acids is 1. The lowest BCUT2D eigenvalue weighted by molar-refractivity contribution is 0.0549. The third-order valence-corrected chi connectivity index (χ3v) is 6.38. The number of nitrogens with zero attached hydrogens (tertiary/aromatic N) is 1. The molecule has 2 aliphatic heterocycles. The molecule has 0 bridgehead atoms. The predicted molar refractivity (Wildman–Crippen MR) is 126 cm³/mol. The number of carbonyl (C=O) groups is 1. The van der Waals surface area contributed by atoms with Crippen molar-refractivity contribution in [3.8, 4) is 0 Å². The molecule has 0 aromatic heterocycles. The van der Waals surface area contributed by atoms with E-state index in [0.29, 0.717) is 12.5 Å². The van der Waals surface area contributed by atoms with Gasteiger partial charge in [0.25, 0.3) is 0 Å². The van der Waals surface area contributed by atoms with Gasteiger partial charge in [-0.05, 0) is 31.9 Å². The van der Waals surface area contributed by atoms with Crippen LogP contribution in [0.4, 0.5) is 0 Å². The van der Waals surface area contributed by atoms with Crippen LogP contribution in [-0.2, 0) is 0 Å². The van der Waals surface area contributed by atoms with E-state index in [9.17, 15) is 9.90 Å². The summed E-state index contributed by atoms with van der Waals surface area (Å²) in [6, 6.07) is 20.0. The summed E-state index contributed by atoms with van der Waals surface area (Å²) in [5, 5.41) is 17.0. The third-order valence-electron chi connectivity index (χ3n) is 6.38. The molecule has 0 saturated carbocycles. The van der Waals surface area contributed by atoms with Gasteiger partial charge < -0.3 is 15.7 Å². The molecule has 2 aromatic rings. The monoisotopic (exact) mass is 423 g/mol. The fourth-order valence-corrected chi connectivity index (χ4v) is 4.45. The minimum absolute atomic E-state index is 0.210. The predicted octanol–water partition coefficient (Wildman–Crippen LogP) is 3.42. The minimum Gasteiger partial charge on any atom is -0.388 e. The maximum absolute atomic E-state index is 12.5. The number of Topliss-reactive ketones (excluding diaryl/α,β-unsaturated/α-hetero) is 1. The molecule has 0 spiro atoms. The van der Waals surface area contributed by atoms with Gasteiger partial charge in [0.1, 0.15) is 0 Å². The number of piperazine rings is 1. The van der Waals surface area contributed by atoms with Gasteiger partial charge >= 0.3 is 0 Å². The average Bonchev–Trinajstić information content (AvgIpc) is 2.84. The van der Waals surface area contributed by atoms with E-state index in [0.717, 1.165) is 63.0 Å². The molecule has 0 aliphatic carbocycles. The van der Waals surface area contributed by atoms with E-state index in [4.69, 9.17) is 0 Å². The van der Waals surface area contributed by atoms with Gasteiger partial charge in [0.05, 0.1) is 6.10 Å². The molecule has 31 heavy (non-hydrogen) atoms. The van der Waals surface area contributed by atoms with Crippen LogP contribution in [0.1, 0.15) is 54.1 Å². The van der Waals surface area contributed by atoms with Crippen LogP contribution in [0, 0.1) is 0 Å². The normalized spacial score (nSPS) is 22.8. The van der Waals surface area contributed by atoms with Crippen molar-refractivity contribution in [2.24, 2.45) is 0 Å². The Morgan fingerprint density at radius 3 is 2.06 bits per heavy atom. The Morgan fingerprint density at radius 2 is 1.48 bits per heavy atom. The van der Waals surface area contributed by atoms with Crippen LogP contribution < -0.4 is 10.6 Å². The van der Waals surface area contributed by atoms with Crippen molar-refractivity contribution in [3.63, 3.8) is 0 Å². The largest absolute Gasteiger partial charge is 0.388 e. The van der Waals surface area contributed by atoms with Crippen molar-refractivity contribution in [2.45, 2.75) is 50.3 Å². The number of rotatable bonds is 6. The molecule has 5 nitrogen and oxygen atoms in total. The summed E-state index contributed by atoms with van der Waals surface area (Å²) in [6.45, 7) is 4.56. The van der Waals surface area contributed by atoms with E-state index < -0.39 is 6.10 Å². The summed E-state index contributed by atoms with van der Waals surface area (Å²) >= 11 is 0. The summed E-state index contributed by atoms with van der Waals surface area (Å²) in [5.74, 6) is 0.210. The topological polar surface area (TPSA) is 64.6 Å². The van der Waals surface area contributed by atoms with Crippen molar-refractivity contribution >= 4 is 5.78 Å². The highest BCUT2D eigenvalue weighted by Gasteiger charge is 2.30. The van der Waals surface area contributed by atoms with Gasteiger partial charge in [0.15, 0.2) is 5.78 Å². The number of likely N-dealkylation sites (tertiary alicyclic amines) is 1. The van der Waals surface area contributed by atoms with E-state index in [2.05, 4.69) is 22.6 Å². The van der Waals surface area contributed by atoms with Gasteiger partial charge in [0.2, 0.25) is 0 Å². The van der Waals surface area contributed by atoms with E-state index in [-0.39, 0.29) is 11.8 Å². The van der Waals surface area contributed by atoms with E-state index in [1.165, 1.54) is 0 Å². The Hall–Kier alpha value is -2.05. The zero-order chi connectivity index (χ0) is 21.9. The second-order valence-corrected chi connectivity index (χ2v) is 8.56. The van der Waals surface area contributed by atoms with Gasteiger partial charge in [-0.2, -0.15) is 0 Å². The van der Waals surface area contributed by atoms with Gasteiger partial charge in [-0.1, -0.05) is 67.1 Å². The number of hydrogen-bond acceptors (Lipinski definition) is 5. The lowest BCUT2D eigenvalue weighted by atomic mass is 9.88.